The number of hydrogen-bond donors (Lipinski definition) is 1. The summed E-state index contributed by atoms with van der Waals surface area (Å²) in [6.45, 7) is 8.40. The van der Waals surface area contributed by atoms with Crippen LogP contribution < -0.4 is 5.32 Å². The lowest BCUT2D eigenvalue weighted by atomic mass is 10.4. The lowest BCUT2D eigenvalue weighted by Gasteiger charge is -2.04. The standard InChI is InChI=1S/C10H19N3O2/c1-4-11-7-6-9-12-10(13-15-9)8(3)14-5-2/h8,11H,4-7H2,1-3H3. The van der Waals surface area contributed by atoms with E-state index in [2.05, 4.69) is 22.4 Å². The van der Waals surface area contributed by atoms with Gasteiger partial charge in [0.1, 0.15) is 6.10 Å². The van der Waals surface area contributed by atoms with Gasteiger partial charge < -0.3 is 14.6 Å². The Kier molecular flexibility index (Phi) is 5.28. The van der Waals surface area contributed by atoms with Crippen molar-refractivity contribution in [3.05, 3.63) is 11.7 Å². The van der Waals surface area contributed by atoms with Crippen LogP contribution in [0.3, 0.4) is 0 Å². The van der Waals surface area contributed by atoms with Crippen LogP contribution in [0.1, 0.15) is 38.6 Å². The van der Waals surface area contributed by atoms with Gasteiger partial charge in [-0.25, -0.2) is 0 Å². The van der Waals surface area contributed by atoms with E-state index >= 15 is 0 Å². The molecule has 0 aliphatic carbocycles. The van der Waals surface area contributed by atoms with E-state index in [9.17, 15) is 0 Å². The molecule has 15 heavy (non-hydrogen) atoms. The average Bonchev–Trinajstić information content (AvgIpc) is 2.67. The average molecular weight is 213 g/mol. The Morgan fingerprint density at radius 3 is 2.93 bits per heavy atom. The Hall–Kier alpha value is -0.940. The van der Waals surface area contributed by atoms with E-state index in [4.69, 9.17) is 9.26 Å². The van der Waals surface area contributed by atoms with Gasteiger partial charge in [-0.05, 0) is 20.4 Å². The van der Waals surface area contributed by atoms with Crippen LogP contribution in [0.25, 0.3) is 0 Å². The van der Waals surface area contributed by atoms with Crippen molar-refractivity contribution in [2.24, 2.45) is 0 Å². The SMILES string of the molecule is CCNCCc1nc(C(C)OCC)no1. The number of ether oxygens (including phenoxy) is 1. The molecule has 5 nitrogen and oxygen atoms in total. The highest BCUT2D eigenvalue weighted by atomic mass is 16.5. The zero-order chi connectivity index (χ0) is 11.1. The third kappa shape index (κ3) is 3.97. The van der Waals surface area contributed by atoms with Gasteiger partial charge in [-0.1, -0.05) is 12.1 Å². The van der Waals surface area contributed by atoms with E-state index < -0.39 is 0 Å². The molecule has 0 saturated carbocycles. The van der Waals surface area contributed by atoms with Gasteiger partial charge in [0, 0.05) is 19.6 Å². The second kappa shape index (κ2) is 6.53. The molecule has 86 valence electrons. The van der Waals surface area contributed by atoms with Crippen LogP contribution in [0.4, 0.5) is 0 Å². The molecule has 0 aliphatic heterocycles. The molecular weight excluding hydrogens is 194 g/mol. The van der Waals surface area contributed by atoms with Crippen LogP contribution in [0.2, 0.25) is 0 Å². The van der Waals surface area contributed by atoms with Gasteiger partial charge in [-0.15, -0.1) is 0 Å². The molecule has 1 N–H and O–H groups in total. The van der Waals surface area contributed by atoms with Gasteiger partial charge >= 0.3 is 0 Å². The molecule has 0 saturated heterocycles. The van der Waals surface area contributed by atoms with E-state index in [-0.39, 0.29) is 6.10 Å². The van der Waals surface area contributed by atoms with Crippen LogP contribution in [-0.4, -0.2) is 29.8 Å². The molecule has 0 radical (unpaired) electrons. The summed E-state index contributed by atoms with van der Waals surface area (Å²) in [4.78, 5) is 4.26. The van der Waals surface area contributed by atoms with E-state index in [1.165, 1.54) is 0 Å². The Labute approximate surface area is 90.2 Å². The molecule has 1 unspecified atom stereocenters. The fourth-order valence-electron chi connectivity index (χ4n) is 1.23. The molecule has 1 aromatic rings. The van der Waals surface area contributed by atoms with Crippen LogP contribution in [0, 0.1) is 0 Å². The number of aromatic nitrogens is 2. The summed E-state index contributed by atoms with van der Waals surface area (Å²) in [6.07, 6.45) is 0.672. The Morgan fingerprint density at radius 1 is 1.47 bits per heavy atom. The lowest BCUT2D eigenvalue weighted by molar-refractivity contribution is 0.0683. The van der Waals surface area contributed by atoms with Crippen LogP contribution in [0.5, 0.6) is 0 Å². The fourth-order valence-corrected chi connectivity index (χ4v) is 1.23. The van der Waals surface area contributed by atoms with Crippen molar-refractivity contribution in [2.75, 3.05) is 19.7 Å². The first kappa shape index (κ1) is 12.1. The summed E-state index contributed by atoms with van der Waals surface area (Å²) in [5.74, 6) is 1.29. The van der Waals surface area contributed by atoms with Gasteiger partial charge in [-0.2, -0.15) is 4.98 Å². The van der Waals surface area contributed by atoms with E-state index in [1.54, 1.807) is 0 Å². The number of nitrogens with zero attached hydrogens (tertiary/aromatic N) is 2. The van der Waals surface area contributed by atoms with Gasteiger partial charge in [0.25, 0.3) is 0 Å². The summed E-state index contributed by atoms with van der Waals surface area (Å²) in [5, 5.41) is 7.08. The van der Waals surface area contributed by atoms with E-state index in [1.807, 2.05) is 13.8 Å². The minimum Gasteiger partial charge on any atom is -0.371 e. The minimum atomic E-state index is -0.0911. The quantitative estimate of drug-likeness (QED) is 0.692. The Morgan fingerprint density at radius 2 is 2.27 bits per heavy atom. The maximum atomic E-state index is 5.37. The van der Waals surface area contributed by atoms with Crippen molar-refractivity contribution in [2.45, 2.75) is 33.3 Å². The highest BCUT2D eigenvalue weighted by Gasteiger charge is 2.12. The normalized spacial score (nSPS) is 13.0. The largest absolute Gasteiger partial charge is 0.371 e. The Bertz CT molecular complexity index is 275. The lowest BCUT2D eigenvalue weighted by Crippen LogP contribution is -2.16. The van der Waals surface area contributed by atoms with Crippen molar-refractivity contribution >= 4 is 0 Å². The Balaban J connectivity index is 2.41. The number of hydrogen-bond acceptors (Lipinski definition) is 5. The summed E-state index contributed by atoms with van der Waals surface area (Å²) in [6, 6.07) is 0. The maximum absolute atomic E-state index is 5.37. The second-order valence-electron chi connectivity index (χ2n) is 3.25. The predicted molar refractivity (Wildman–Crippen MR) is 56.6 cm³/mol. The van der Waals surface area contributed by atoms with Crippen molar-refractivity contribution < 1.29 is 9.26 Å². The highest BCUT2D eigenvalue weighted by molar-refractivity contribution is 4.90. The van der Waals surface area contributed by atoms with Crippen molar-refractivity contribution in [1.29, 1.82) is 0 Å². The first-order valence-electron chi connectivity index (χ1n) is 5.42. The molecule has 0 spiro atoms. The third-order valence-electron chi connectivity index (χ3n) is 2.03. The van der Waals surface area contributed by atoms with Gasteiger partial charge in [0.15, 0.2) is 5.82 Å². The predicted octanol–water partition coefficient (Wildman–Crippen LogP) is 1.32. The second-order valence-corrected chi connectivity index (χ2v) is 3.25. The van der Waals surface area contributed by atoms with Crippen LogP contribution in [-0.2, 0) is 11.2 Å². The summed E-state index contributed by atoms with van der Waals surface area (Å²) >= 11 is 0. The molecule has 0 bridgehead atoms. The smallest absolute Gasteiger partial charge is 0.228 e. The molecule has 0 aromatic carbocycles. The van der Waals surface area contributed by atoms with Crippen molar-refractivity contribution in [3.63, 3.8) is 0 Å². The number of rotatable bonds is 7. The zero-order valence-corrected chi connectivity index (χ0v) is 9.62. The van der Waals surface area contributed by atoms with Crippen LogP contribution >= 0.6 is 0 Å². The monoisotopic (exact) mass is 213 g/mol. The first-order valence-corrected chi connectivity index (χ1v) is 5.42. The van der Waals surface area contributed by atoms with Crippen molar-refractivity contribution in [3.8, 4) is 0 Å². The summed E-state index contributed by atoms with van der Waals surface area (Å²) in [7, 11) is 0. The van der Waals surface area contributed by atoms with Crippen molar-refractivity contribution in [1.82, 2.24) is 15.5 Å². The molecule has 1 atom stereocenters. The maximum Gasteiger partial charge on any atom is 0.228 e. The summed E-state index contributed by atoms with van der Waals surface area (Å²) < 4.78 is 10.5. The first-order chi connectivity index (χ1) is 7.27. The van der Waals surface area contributed by atoms with E-state index in [0.717, 1.165) is 19.5 Å². The molecular formula is C10H19N3O2. The molecule has 1 heterocycles. The van der Waals surface area contributed by atoms with Gasteiger partial charge in [-0.3, -0.25) is 0 Å². The third-order valence-corrected chi connectivity index (χ3v) is 2.03. The molecule has 1 rings (SSSR count). The highest BCUT2D eigenvalue weighted by Crippen LogP contribution is 2.12. The minimum absolute atomic E-state index is 0.0911. The number of nitrogens with one attached hydrogen (secondary N) is 1. The van der Waals surface area contributed by atoms with Crippen LogP contribution in [0.15, 0.2) is 4.52 Å². The number of likely N-dealkylation sites (N-methyl/N-ethyl adjacent to an activating group) is 1. The topological polar surface area (TPSA) is 60.2 Å². The van der Waals surface area contributed by atoms with Gasteiger partial charge in [0.05, 0.1) is 0 Å². The molecule has 0 fully saturated rings. The zero-order valence-electron chi connectivity index (χ0n) is 9.62. The van der Waals surface area contributed by atoms with E-state index in [0.29, 0.717) is 18.3 Å². The fraction of sp³-hybridized carbons (Fsp3) is 0.800. The molecule has 5 heteroatoms. The summed E-state index contributed by atoms with van der Waals surface area (Å²) in [5.41, 5.74) is 0. The molecule has 0 aliphatic rings. The molecule has 0 amide bonds. The van der Waals surface area contributed by atoms with Gasteiger partial charge in [0.2, 0.25) is 5.89 Å². The molecule has 1 aromatic heterocycles.